The number of carbonyl (C=O) groups is 1. The van der Waals surface area contributed by atoms with Gasteiger partial charge >= 0.3 is 0 Å². The Labute approximate surface area is 223 Å². The van der Waals surface area contributed by atoms with E-state index in [1.807, 2.05) is 17.0 Å². The number of piperidine rings is 1. The van der Waals surface area contributed by atoms with Crippen molar-refractivity contribution >= 4 is 33.3 Å². The monoisotopic (exact) mass is 552 g/mol. The van der Waals surface area contributed by atoms with E-state index in [1.54, 1.807) is 6.20 Å². The van der Waals surface area contributed by atoms with Gasteiger partial charge in [0.1, 0.15) is 16.5 Å². The van der Waals surface area contributed by atoms with E-state index in [-0.39, 0.29) is 21.7 Å². The zero-order valence-electron chi connectivity index (χ0n) is 21.2. The highest BCUT2D eigenvalue weighted by Crippen LogP contribution is 2.27. The van der Waals surface area contributed by atoms with E-state index in [0.29, 0.717) is 44.1 Å². The molecule has 9 nitrogen and oxygen atoms in total. The molecule has 0 unspecified atom stereocenters. The molecule has 0 aliphatic carbocycles. The van der Waals surface area contributed by atoms with Gasteiger partial charge in [0.05, 0.1) is 0 Å². The van der Waals surface area contributed by atoms with Crippen molar-refractivity contribution in [1.29, 1.82) is 0 Å². The van der Waals surface area contributed by atoms with Crippen molar-refractivity contribution < 1.29 is 17.6 Å². The Hall–Kier alpha value is -2.31. The molecular weight excluding hydrogens is 519 g/mol. The molecule has 2 aliphatic rings. The fourth-order valence-corrected chi connectivity index (χ4v) is 6.10. The van der Waals surface area contributed by atoms with Crippen LogP contribution in [0.4, 0.5) is 10.2 Å². The van der Waals surface area contributed by atoms with Crippen LogP contribution in [0.1, 0.15) is 24.0 Å². The van der Waals surface area contributed by atoms with E-state index < -0.39 is 15.8 Å². The Bertz CT molecular complexity index is 1230. The standard InChI is InChI=1S/C25H34ClFN6O3S/c1-30(2)37(35,36)23-14-20(21(26)15-22(23)27)17-32-9-11-33(12-10-32)25(34)19-4-7-31(8-5-19)16-18-3-6-29-24(28)13-18/h3,6,13-15,19H,4-5,7-12,16-17H2,1-2H3,(H2,28,29). The summed E-state index contributed by atoms with van der Waals surface area (Å²) in [5.74, 6) is -0.126. The van der Waals surface area contributed by atoms with Gasteiger partial charge in [-0.25, -0.2) is 22.1 Å². The normalized spacial score (nSPS) is 18.5. The van der Waals surface area contributed by atoms with Crippen molar-refractivity contribution in [1.82, 2.24) is 24.0 Å². The van der Waals surface area contributed by atoms with Crippen molar-refractivity contribution in [2.75, 3.05) is 59.1 Å². The number of carbonyl (C=O) groups excluding carboxylic acids is 1. The number of rotatable bonds is 7. The number of nitrogen functional groups attached to an aromatic ring is 1. The molecule has 2 fully saturated rings. The summed E-state index contributed by atoms with van der Waals surface area (Å²) in [6.07, 6.45) is 3.37. The number of hydrogen-bond donors (Lipinski definition) is 1. The van der Waals surface area contributed by atoms with Crippen molar-refractivity contribution in [2.24, 2.45) is 5.92 Å². The number of nitrogens with two attached hydrogens (primary N) is 1. The number of hydrogen-bond acceptors (Lipinski definition) is 7. The van der Waals surface area contributed by atoms with E-state index in [0.717, 1.165) is 48.4 Å². The van der Waals surface area contributed by atoms with Gasteiger partial charge in [0.25, 0.3) is 0 Å². The molecule has 0 spiro atoms. The predicted octanol–water partition coefficient (Wildman–Crippen LogP) is 2.26. The number of piperazine rings is 1. The number of benzene rings is 1. The molecule has 37 heavy (non-hydrogen) atoms. The van der Waals surface area contributed by atoms with Gasteiger partial charge in [-0.2, -0.15) is 0 Å². The third kappa shape index (κ3) is 6.58. The van der Waals surface area contributed by atoms with Crippen LogP contribution >= 0.6 is 11.6 Å². The smallest absolute Gasteiger partial charge is 0.245 e. The first kappa shape index (κ1) is 27.7. The van der Waals surface area contributed by atoms with Gasteiger partial charge in [0.15, 0.2) is 0 Å². The number of sulfonamides is 1. The quantitative estimate of drug-likeness (QED) is 0.562. The zero-order chi connectivity index (χ0) is 26.7. The van der Waals surface area contributed by atoms with Crippen molar-refractivity contribution in [2.45, 2.75) is 30.8 Å². The Kier molecular flexibility index (Phi) is 8.70. The molecule has 0 radical (unpaired) electrons. The molecule has 0 atom stereocenters. The minimum Gasteiger partial charge on any atom is -0.384 e. The van der Waals surface area contributed by atoms with Crippen LogP contribution in [-0.2, 0) is 27.9 Å². The summed E-state index contributed by atoms with van der Waals surface area (Å²) in [6, 6.07) is 6.23. The maximum Gasteiger partial charge on any atom is 0.245 e. The molecule has 2 aliphatic heterocycles. The van der Waals surface area contributed by atoms with Gasteiger partial charge < -0.3 is 10.6 Å². The second kappa shape index (κ2) is 11.6. The number of pyridine rings is 1. The van der Waals surface area contributed by atoms with Gasteiger partial charge in [-0.05, 0) is 61.3 Å². The number of amides is 1. The van der Waals surface area contributed by atoms with Gasteiger partial charge in [-0.1, -0.05) is 11.6 Å². The molecular formula is C25H34ClFN6O3S. The Balaban J connectivity index is 1.28. The van der Waals surface area contributed by atoms with Crippen LogP contribution in [0.2, 0.25) is 5.02 Å². The summed E-state index contributed by atoms with van der Waals surface area (Å²) in [5, 5.41) is 0.190. The molecule has 2 saturated heterocycles. The lowest BCUT2D eigenvalue weighted by atomic mass is 9.94. The third-order valence-corrected chi connectivity index (χ3v) is 9.31. The van der Waals surface area contributed by atoms with Crippen LogP contribution in [0.15, 0.2) is 35.4 Å². The maximum absolute atomic E-state index is 14.4. The second-order valence-electron chi connectivity index (χ2n) is 9.90. The van der Waals surface area contributed by atoms with E-state index in [1.165, 1.54) is 20.2 Å². The van der Waals surface area contributed by atoms with Crippen molar-refractivity contribution in [3.63, 3.8) is 0 Å². The molecule has 1 amide bonds. The highest BCUT2D eigenvalue weighted by molar-refractivity contribution is 7.89. The van der Waals surface area contributed by atoms with Gasteiger partial charge in [0.2, 0.25) is 15.9 Å². The van der Waals surface area contributed by atoms with Crippen LogP contribution in [0, 0.1) is 11.7 Å². The third-order valence-electron chi connectivity index (χ3n) is 7.13. The van der Waals surface area contributed by atoms with Crippen LogP contribution in [0.5, 0.6) is 0 Å². The molecule has 12 heteroatoms. The Morgan fingerprint density at radius 3 is 2.35 bits per heavy atom. The second-order valence-corrected chi connectivity index (χ2v) is 12.4. The lowest BCUT2D eigenvalue weighted by Gasteiger charge is -2.38. The summed E-state index contributed by atoms with van der Waals surface area (Å²) >= 11 is 6.25. The van der Waals surface area contributed by atoms with Crippen molar-refractivity contribution in [3.8, 4) is 0 Å². The van der Waals surface area contributed by atoms with Crippen LogP contribution in [-0.4, -0.2) is 91.7 Å². The summed E-state index contributed by atoms with van der Waals surface area (Å²) in [5.41, 5.74) is 7.45. The molecule has 1 aromatic carbocycles. The fraction of sp³-hybridized carbons (Fsp3) is 0.520. The van der Waals surface area contributed by atoms with Crippen molar-refractivity contribution in [3.05, 3.63) is 52.4 Å². The van der Waals surface area contributed by atoms with Crippen LogP contribution in [0.25, 0.3) is 0 Å². The largest absolute Gasteiger partial charge is 0.384 e. The molecule has 0 saturated carbocycles. The summed E-state index contributed by atoms with van der Waals surface area (Å²) in [6.45, 7) is 5.37. The number of anilines is 1. The summed E-state index contributed by atoms with van der Waals surface area (Å²) in [7, 11) is -1.20. The van der Waals surface area contributed by atoms with E-state index in [9.17, 15) is 17.6 Å². The predicted molar refractivity (Wildman–Crippen MR) is 141 cm³/mol. The Morgan fingerprint density at radius 1 is 1.08 bits per heavy atom. The molecule has 1 aromatic heterocycles. The number of nitrogens with zero attached hydrogens (tertiary/aromatic N) is 5. The lowest BCUT2D eigenvalue weighted by Crippen LogP contribution is -2.51. The van der Waals surface area contributed by atoms with Crippen LogP contribution < -0.4 is 5.73 Å². The topological polar surface area (TPSA) is 103 Å². The number of likely N-dealkylation sites (tertiary alicyclic amines) is 1. The summed E-state index contributed by atoms with van der Waals surface area (Å²) in [4.78, 5) is 23.2. The minimum absolute atomic E-state index is 0.0238. The summed E-state index contributed by atoms with van der Waals surface area (Å²) < 4.78 is 40.3. The fourth-order valence-electron chi connectivity index (χ4n) is 4.90. The highest BCUT2D eigenvalue weighted by atomic mass is 35.5. The van der Waals surface area contributed by atoms with Gasteiger partial charge in [0, 0.05) is 70.5 Å². The molecule has 2 aromatic rings. The number of aromatic nitrogens is 1. The highest BCUT2D eigenvalue weighted by Gasteiger charge is 2.31. The van der Waals surface area contributed by atoms with Gasteiger partial charge in [-0.15, -0.1) is 0 Å². The zero-order valence-corrected chi connectivity index (χ0v) is 22.8. The molecule has 4 rings (SSSR count). The minimum atomic E-state index is -3.93. The Morgan fingerprint density at radius 2 is 1.73 bits per heavy atom. The maximum atomic E-state index is 14.4. The average molecular weight is 553 g/mol. The number of halogens is 2. The molecule has 2 N–H and O–H groups in total. The van der Waals surface area contributed by atoms with Gasteiger partial charge in [-0.3, -0.25) is 14.6 Å². The average Bonchev–Trinajstić information content (AvgIpc) is 2.86. The molecule has 3 heterocycles. The van der Waals surface area contributed by atoms with E-state index in [2.05, 4.69) is 14.8 Å². The first-order chi connectivity index (χ1) is 17.5. The lowest BCUT2D eigenvalue weighted by molar-refractivity contribution is -0.139. The first-order valence-corrected chi connectivity index (χ1v) is 14.2. The first-order valence-electron chi connectivity index (χ1n) is 12.4. The van der Waals surface area contributed by atoms with E-state index in [4.69, 9.17) is 17.3 Å². The molecule has 202 valence electrons. The SMILES string of the molecule is CN(C)S(=O)(=O)c1cc(CN2CCN(C(=O)C3CCN(Cc4ccnc(N)c4)CC3)CC2)c(Cl)cc1F. The van der Waals surface area contributed by atoms with Crippen LogP contribution in [0.3, 0.4) is 0 Å². The molecule has 0 bridgehead atoms. The van der Waals surface area contributed by atoms with E-state index >= 15 is 0 Å².